The lowest BCUT2D eigenvalue weighted by Crippen LogP contribution is -2.21. The first-order valence-electron chi connectivity index (χ1n) is 6.93. The molecule has 0 radical (unpaired) electrons. The summed E-state index contributed by atoms with van der Waals surface area (Å²) >= 11 is 0. The minimum Gasteiger partial charge on any atom is -0.463 e. The van der Waals surface area contributed by atoms with Gasteiger partial charge in [0.05, 0.1) is 13.2 Å². The summed E-state index contributed by atoms with van der Waals surface area (Å²) in [6.07, 6.45) is 4.76. The van der Waals surface area contributed by atoms with Crippen molar-refractivity contribution in [2.45, 2.75) is 45.7 Å². The Bertz CT molecular complexity index is 386. The first-order valence-corrected chi connectivity index (χ1v) is 6.93. The second-order valence-electron chi connectivity index (χ2n) is 4.79. The van der Waals surface area contributed by atoms with Crippen LogP contribution in [0.4, 0.5) is 0 Å². The Balaban J connectivity index is 2.70. The van der Waals surface area contributed by atoms with Crippen LogP contribution in [0.25, 0.3) is 0 Å². The standard InChI is InChI=1S/C15H22O6/c1-5-18-13(16)9-7-11-12(21-15(3,4)20-11)8-10-14(17)19-6-2/h7-12H,5-6H2,1-4H3/b9-7+,10-8+/t11-,12+. The number of ether oxygens (including phenoxy) is 4. The van der Waals surface area contributed by atoms with Crippen LogP contribution in [0.5, 0.6) is 0 Å². The smallest absolute Gasteiger partial charge is 0.330 e. The summed E-state index contributed by atoms with van der Waals surface area (Å²) in [7, 11) is 0. The van der Waals surface area contributed by atoms with E-state index in [0.717, 1.165) is 0 Å². The normalized spacial score (nSPS) is 24.6. The number of hydrogen-bond acceptors (Lipinski definition) is 6. The predicted octanol–water partition coefficient (Wildman–Crippen LogP) is 1.75. The van der Waals surface area contributed by atoms with E-state index < -0.39 is 29.9 Å². The monoisotopic (exact) mass is 298 g/mol. The zero-order valence-electron chi connectivity index (χ0n) is 12.8. The average molecular weight is 298 g/mol. The Labute approximate surface area is 124 Å². The van der Waals surface area contributed by atoms with E-state index in [1.54, 1.807) is 39.8 Å². The molecule has 0 N–H and O–H groups in total. The van der Waals surface area contributed by atoms with Gasteiger partial charge in [-0.05, 0) is 39.8 Å². The molecular formula is C15H22O6. The first kappa shape index (κ1) is 17.4. The SMILES string of the molecule is CCOC(=O)/C=C/[C@@H]1OC(C)(C)O[C@@H]1/C=C/C(=O)OCC. The number of carbonyl (C=O) groups excluding carboxylic acids is 2. The summed E-state index contributed by atoms with van der Waals surface area (Å²) in [4.78, 5) is 22.6. The average Bonchev–Trinajstić information content (AvgIpc) is 2.69. The molecular weight excluding hydrogens is 276 g/mol. The third-order valence-electron chi connectivity index (χ3n) is 2.58. The third kappa shape index (κ3) is 6.10. The first-order chi connectivity index (χ1) is 9.88. The van der Waals surface area contributed by atoms with Crippen LogP contribution in [0.2, 0.25) is 0 Å². The Morgan fingerprint density at radius 2 is 1.33 bits per heavy atom. The summed E-state index contributed by atoms with van der Waals surface area (Å²) in [5, 5.41) is 0. The van der Waals surface area contributed by atoms with Crippen LogP contribution in [-0.2, 0) is 28.5 Å². The molecule has 0 bridgehead atoms. The molecule has 2 atom stereocenters. The Morgan fingerprint density at radius 3 is 1.67 bits per heavy atom. The highest BCUT2D eigenvalue weighted by molar-refractivity contribution is 5.82. The highest BCUT2D eigenvalue weighted by atomic mass is 16.7. The quantitative estimate of drug-likeness (QED) is 0.549. The van der Waals surface area contributed by atoms with Crippen LogP contribution in [-0.4, -0.2) is 43.1 Å². The van der Waals surface area contributed by atoms with Gasteiger partial charge in [-0.3, -0.25) is 0 Å². The molecule has 6 nitrogen and oxygen atoms in total. The summed E-state index contributed by atoms with van der Waals surface area (Å²) < 4.78 is 20.9. The molecule has 118 valence electrons. The van der Waals surface area contributed by atoms with Crippen LogP contribution in [0, 0.1) is 0 Å². The molecule has 1 aliphatic rings. The summed E-state index contributed by atoms with van der Waals surface area (Å²) in [6.45, 7) is 7.60. The van der Waals surface area contributed by atoms with E-state index in [2.05, 4.69) is 0 Å². The van der Waals surface area contributed by atoms with Gasteiger partial charge in [-0.25, -0.2) is 9.59 Å². The van der Waals surface area contributed by atoms with E-state index in [-0.39, 0.29) is 0 Å². The van der Waals surface area contributed by atoms with Gasteiger partial charge in [-0.2, -0.15) is 0 Å². The van der Waals surface area contributed by atoms with E-state index in [1.165, 1.54) is 12.2 Å². The van der Waals surface area contributed by atoms with Gasteiger partial charge >= 0.3 is 11.9 Å². The van der Waals surface area contributed by atoms with Gasteiger partial charge in [0.1, 0.15) is 12.2 Å². The van der Waals surface area contributed by atoms with Crippen molar-refractivity contribution in [3.63, 3.8) is 0 Å². The maximum absolute atomic E-state index is 11.3. The Kier molecular flexibility index (Phi) is 6.58. The topological polar surface area (TPSA) is 71.1 Å². The lowest BCUT2D eigenvalue weighted by atomic mass is 10.2. The number of rotatable bonds is 6. The summed E-state index contributed by atoms with van der Waals surface area (Å²) in [6, 6.07) is 0. The predicted molar refractivity (Wildman–Crippen MR) is 75.4 cm³/mol. The van der Waals surface area contributed by atoms with Gasteiger partial charge < -0.3 is 18.9 Å². The fraction of sp³-hybridized carbons (Fsp3) is 0.600. The number of esters is 2. The van der Waals surface area contributed by atoms with Crippen LogP contribution in [0.15, 0.2) is 24.3 Å². The lowest BCUT2D eigenvalue weighted by molar-refractivity contribution is -0.141. The minimum atomic E-state index is -0.798. The van der Waals surface area contributed by atoms with Crippen LogP contribution < -0.4 is 0 Å². The maximum atomic E-state index is 11.3. The number of carbonyl (C=O) groups is 2. The molecule has 1 aliphatic heterocycles. The van der Waals surface area contributed by atoms with Crippen LogP contribution in [0.3, 0.4) is 0 Å². The van der Waals surface area contributed by atoms with Crippen molar-refractivity contribution in [3.8, 4) is 0 Å². The molecule has 0 unspecified atom stereocenters. The van der Waals surface area contributed by atoms with Gasteiger partial charge in [0.2, 0.25) is 0 Å². The van der Waals surface area contributed by atoms with E-state index in [9.17, 15) is 9.59 Å². The Morgan fingerprint density at radius 1 is 0.952 bits per heavy atom. The lowest BCUT2D eigenvalue weighted by Gasteiger charge is -2.15. The summed E-state index contributed by atoms with van der Waals surface area (Å²) in [5.41, 5.74) is 0. The molecule has 0 aromatic heterocycles. The van der Waals surface area contributed by atoms with E-state index >= 15 is 0 Å². The van der Waals surface area contributed by atoms with Gasteiger partial charge in [0, 0.05) is 12.2 Å². The van der Waals surface area contributed by atoms with Gasteiger partial charge in [-0.15, -0.1) is 0 Å². The van der Waals surface area contributed by atoms with Crippen molar-refractivity contribution in [3.05, 3.63) is 24.3 Å². The highest BCUT2D eigenvalue weighted by Gasteiger charge is 2.38. The van der Waals surface area contributed by atoms with Gasteiger partial charge in [0.15, 0.2) is 5.79 Å². The van der Waals surface area contributed by atoms with Crippen molar-refractivity contribution < 1.29 is 28.5 Å². The van der Waals surface area contributed by atoms with E-state index in [1.807, 2.05) is 0 Å². The fourth-order valence-electron chi connectivity index (χ4n) is 1.84. The van der Waals surface area contributed by atoms with Gasteiger partial charge in [0.25, 0.3) is 0 Å². The fourth-order valence-corrected chi connectivity index (χ4v) is 1.84. The van der Waals surface area contributed by atoms with Crippen molar-refractivity contribution in [2.75, 3.05) is 13.2 Å². The van der Waals surface area contributed by atoms with Crippen molar-refractivity contribution in [2.24, 2.45) is 0 Å². The molecule has 6 heteroatoms. The summed E-state index contributed by atoms with van der Waals surface area (Å²) in [5.74, 6) is -1.69. The maximum Gasteiger partial charge on any atom is 0.330 e. The van der Waals surface area contributed by atoms with Crippen molar-refractivity contribution in [1.82, 2.24) is 0 Å². The van der Waals surface area contributed by atoms with Crippen molar-refractivity contribution in [1.29, 1.82) is 0 Å². The molecule has 1 rings (SSSR count). The molecule has 0 saturated carbocycles. The molecule has 0 aromatic rings. The van der Waals surface area contributed by atoms with Crippen molar-refractivity contribution >= 4 is 11.9 Å². The number of hydrogen-bond donors (Lipinski definition) is 0. The van der Waals surface area contributed by atoms with E-state index in [0.29, 0.717) is 13.2 Å². The zero-order valence-corrected chi connectivity index (χ0v) is 12.8. The minimum absolute atomic E-state index is 0.308. The second-order valence-corrected chi connectivity index (χ2v) is 4.79. The zero-order chi connectivity index (χ0) is 15.9. The molecule has 21 heavy (non-hydrogen) atoms. The molecule has 0 aromatic carbocycles. The molecule has 0 spiro atoms. The molecule has 1 fully saturated rings. The molecule has 1 saturated heterocycles. The Hall–Kier alpha value is -1.66. The second kappa shape index (κ2) is 7.95. The van der Waals surface area contributed by atoms with E-state index in [4.69, 9.17) is 18.9 Å². The molecule has 0 aliphatic carbocycles. The van der Waals surface area contributed by atoms with Gasteiger partial charge in [-0.1, -0.05) is 0 Å². The highest BCUT2D eigenvalue weighted by Crippen LogP contribution is 2.29. The molecule has 1 heterocycles. The van der Waals surface area contributed by atoms with Crippen LogP contribution in [0.1, 0.15) is 27.7 Å². The van der Waals surface area contributed by atoms with Crippen LogP contribution >= 0.6 is 0 Å². The third-order valence-corrected chi connectivity index (χ3v) is 2.58. The largest absolute Gasteiger partial charge is 0.463 e. The molecule has 0 amide bonds.